The second-order valence-corrected chi connectivity index (χ2v) is 15.9. The number of esters is 7. The highest BCUT2D eigenvalue weighted by molar-refractivity contribution is 6.19. The van der Waals surface area contributed by atoms with Crippen molar-refractivity contribution in [2.24, 2.45) is 29.1 Å². The number of epoxide rings is 1. The number of aliphatic hydroxyl groups is 1. The maximum atomic E-state index is 13.7. The van der Waals surface area contributed by atoms with Crippen molar-refractivity contribution in [2.45, 2.75) is 123 Å². The van der Waals surface area contributed by atoms with Gasteiger partial charge in [-0.25, -0.2) is 4.79 Å². The summed E-state index contributed by atoms with van der Waals surface area (Å²) in [7, 11) is 0. The molecule has 3 fully saturated rings. The lowest BCUT2D eigenvalue weighted by atomic mass is 9.51. The lowest BCUT2D eigenvalue weighted by Gasteiger charge is -2.59. The van der Waals surface area contributed by atoms with Crippen LogP contribution in [0.15, 0.2) is 23.8 Å². The molecule has 0 aromatic rings. The van der Waals surface area contributed by atoms with E-state index in [-0.39, 0.29) is 42.7 Å². The lowest BCUT2D eigenvalue weighted by Crippen LogP contribution is -2.76. The number of alkyl halides is 1. The molecule has 1 saturated carbocycles. The second-order valence-electron chi connectivity index (χ2n) is 15.6. The summed E-state index contributed by atoms with van der Waals surface area (Å²) in [6.07, 6.45) is -5.75. The van der Waals surface area contributed by atoms with Crippen molar-refractivity contribution in [2.75, 3.05) is 19.1 Å². The van der Waals surface area contributed by atoms with Crippen LogP contribution in [0.3, 0.4) is 0 Å². The van der Waals surface area contributed by atoms with E-state index in [9.17, 15) is 38.7 Å². The van der Waals surface area contributed by atoms with Crippen molar-refractivity contribution >= 4 is 53.4 Å². The molecule has 2 aliphatic heterocycles. The summed E-state index contributed by atoms with van der Waals surface area (Å²) in [5.74, 6) is -9.45. The molecule has 0 aromatic carbocycles. The predicted molar refractivity (Wildman–Crippen MR) is 189 cm³/mol. The van der Waals surface area contributed by atoms with Gasteiger partial charge < -0.3 is 43.0 Å². The fraction of sp³-hybridized carbons (Fsp3) is 0.711. The van der Waals surface area contributed by atoms with Crippen molar-refractivity contribution in [3.8, 4) is 0 Å². The van der Waals surface area contributed by atoms with Crippen molar-refractivity contribution in [3.63, 3.8) is 0 Å². The van der Waals surface area contributed by atoms with Gasteiger partial charge >= 0.3 is 41.8 Å². The molecule has 2 heterocycles. The van der Waals surface area contributed by atoms with Crippen LogP contribution in [-0.4, -0.2) is 114 Å². The van der Waals surface area contributed by atoms with Crippen molar-refractivity contribution in [3.05, 3.63) is 23.8 Å². The molecule has 11 atom stereocenters. The number of rotatable bonds is 12. The first-order valence-corrected chi connectivity index (χ1v) is 18.7. The van der Waals surface area contributed by atoms with Crippen LogP contribution in [0.1, 0.15) is 75.2 Å². The maximum absolute atomic E-state index is 13.7. The van der Waals surface area contributed by atoms with Gasteiger partial charge in [-0.1, -0.05) is 40.7 Å². The fourth-order valence-electron chi connectivity index (χ4n) is 7.97. The van der Waals surface area contributed by atoms with Gasteiger partial charge in [0.2, 0.25) is 0 Å². The number of allylic oxidation sites excluding steroid dienone is 2. The molecule has 0 aromatic heterocycles. The van der Waals surface area contributed by atoms with E-state index in [2.05, 4.69) is 0 Å². The number of carbonyl (C=O) groups is 7. The Kier molecular flexibility index (Phi) is 13.5. The van der Waals surface area contributed by atoms with Crippen LogP contribution in [0, 0.1) is 29.1 Å². The molecule has 4 rings (SSSR count). The minimum absolute atomic E-state index is 0.0123. The van der Waals surface area contributed by atoms with Crippen LogP contribution < -0.4 is 0 Å². The molecule has 4 aliphatic rings. The van der Waals surface area contributed by atoms with Crippen LogP contribution in [0.2, 0.25) is 0 Å². The van der Waals surface area contributed by atoms with E-state index < -0.39 is 113 Å². The van der Waals surface area contributed by atoms with Gasteiger partial charge in [0.15, 0.2) is 36.6 Å². The molecule has 2 aliphatic carbocycles. The van der Waals surface area contributed by atoms with E-state index in [1.54, 1.807) is 27.7 Å². The Morgan fingerprint density at radius 3 is 1.93 bits per heavy atom. The zero-order valence-electron chi connectivity index (χ0n) is 32.5. The lowest BCUT2D eigenvalue weighted by molar-refractivity contribution is -0.279. The third kappa shape index (κ3) is 9.01. The minimum Gasteiger partial charge on any atom is -0.459 e. The van der Waals surface area contributed by atoms with Gasteiger partial charge in [0.1, 0.15) is 17.8 Å². The van der Waals surface area contributed by atoms with Crippen molar-refractivity contribution in [1.29, 1.82) is 0 Å². The van der Waals surface area contributed by atoms with Crippen LogP contribution >= 0.6 is 11.6 Å². The molecule has 1 spiro atoms. The minimum atomic E-state index is -2.42. The number of halogens is 1. The summed E-state index contributed by atoms with van der Waals surface area (Å²) in [5, 5.41) is 12.9. The molecule has 2 saturated heterocycles. The first kappa shape index (κ1) is 43.7. The van der Waals surface area contributed by atoms with E-state index in [0.717, 1.165) is 20.8 Å². The molecule has 17 heteroatoms. The van der Waals surface area contributed by atoms with Gasteiger partial charge in [-0.3, -0.25) is 28.8 Å². The molecule has 55 heavy (non-hydrogen) atoms. The van der Waals surface area contributed by atoms with Gasteiger partial charge in [-0.2, -0.15) is 0 Å². The maximum Gasteiger partial charge on any atom is 0.344 e. The first-order valence-electron chi connectivity index (χ1n) is 18.2. The highest BCUT2D eigenvalue weighted by Crippen LogP contribution is 2.63. The Hall–Kier alpha value is -4.02. The van der Waals surface area contributed by atoms with Gasteiger partial charge in [0.05, 0.1) is 17.9 Å². The predicted octanol–water partition coefficient (Wildman–Crippen LogP) is 2.67. The molecule has 0 unspecified atom stereocenters. The summed E-state index contributed by atoms with van der Waals surface area (Å²) >= 11 is 6.34. The first-order chi connectivity index (χ1) is 25.6. The highest BCUT2D eigenvalue weighted by Gasteiger charge is 2.81. The van der Waals surface area contributed by atoms with Crippen molar-refractivity contribution in [1.82, 2.24) is 0 Å². The summed E-state index contributed by atoms with van der Waals surface area (Å²) in [4.78, 5) is 91.9. The summed E-state index contributed by atoms with van der Waals surface area (Å²) < 4.78 is 47.0. The molecule has 0 amide bonds. The number of ether oxygens (including phenoxy) is 8. The number of fused-ring (bicyclic) bond motifs is 3. The number of carbonyl (C=O) groups excluding carboxylic acids is 7. The third-order valence-electron chi connectivity index (χ3n) is 10.4. The van der Waals surface area contributed by atoms with Gasteiger partial charge in [0.25, 0.3) is 0 Å². The van der Waals surface area contributed by atoms with Crippen LogP contribution in [0.5, 0.6) is 0 Å². The molecule has 0 bridgehead atoms. The van der Waals surface area contributed by atoms with Crippen LogP contribution in [0.4, 0.5) is 0 Å². The standard InChI is InChI=1S/C38H51ClO16/c1-18(2)12-27(43)48-16-29(45)53-25-11-10-24(15-39)14-26-38(47,20(5)35(46)54-26)34(52-23(8)42)31-36(25,9)32(50-21(6)40)30(55-28(44)13-19(3)4)33(51-22(7)41)37(31)17-49-37/h10-11,14,18-20,25-26,30-34,47H,12-13,15-17H2,1-9H3/b11-10-,24-14+/t20-,25-,26-,30+,31+,32-,33+,34-,36+,37-,38-/m0/s1. The monoisotopic (exact) mass is 798 g/mol. The summed E-state index contributed by atoms with van der Waals surface area (Å²) in [5.41, 5.74) is -5.95. The third-order valence-corrected chi connectivity index (χ3v) is 10.7. The van der Waals surface area contributed by atoms with Gasteiger partial charge in [0, 0.05) is 45.4 Å². The van der Waals surface area contributed by atoms with E-state index in [4.69, 9.17) is 49.5 Å². The molecule has 1 N–H and O–H groups in total. The Labute approximate surface area is 324 Å². The average Bonchev–Trinajstić information content (AvgIpc) is 3.82. The van der Waals surface area contributed by atoms with E-state index >= 15 is 0 Å². The fourth-order valence-corrected chi connectivity index (χ4v) is 8.14. The van der Waals surface area contributed by atoms with Crippen molar-refractivity contribution < 1.29 is 76.6 Å². The zero-order valence-corrected chi connectivity index (χ0v) is 33.2. The normalized spacial score (nSPS) is 36.6. The Morgan fingerprint density at radius 2 is 1.40 bits per heavy atom. The molecule has 0 radical (unpaired) electrons. The topological polar surface area (TPSA) is 217 Å². The largest absolute Gasteiger partial charge is 0.459 e. The second kappa shape index (κ2) is 17.0. The molecular weight excluding hydrogens is 748 g/mol. The average molecular weight is 799 g/mol. The molecular formula is C38H51ClO16. The van der Waals surface area contributed by atoms with E-state index in [1.807, 2.05) is 0 Å². The summed E-state index contributed by atoms with van der Waals surface area (Å²) in [6, 6.07) is 0. The van der Waals surface area contributed by atoms with E-state index in [0.29, 0.717) is 0 Å². The quantitative estimate of drug-likeness (QED) is 0.130. The molecule has 16 nitrogen and oxygen atoms in total. The smallest absolute Gasteiger partial charge is 0.344 e. The Bertz CT molecular complexity index is 1600. The van der Waals surface area contributed by atoms with Crippen LogP contribution in [0.25, 0.3) is 0 Å². The highest BCUT2D eigenvalue weighted by atomic mass is 35.5. The van der Waals surface area contributed by atoms with Crippen LogP contribution in [-0.2, 0) is 71.5 Å². The SMILES string of the molecule is CC(=O)O[C@@H]1[C@H](OC(=O)CC(C)C)[C@H](OC(C)=O)[C@]2(C)[C@@H](OC(=O)COC(=O)CC(C)C)/C=C\C(CCl)=C/[C@@H]3OC(=O)[C@H](C)[C@@]3(O)[C@@H](OC(C)=O)[C@H]2[C@@]12CO2. The number of hydrogen-bond donors (Lipinski definition) is 1. The molecule has 306 valence electrons. The van der Waals surface area contributed by atoms with Gasteiger partial charge in [-0.15, -0.1) is 11.6 Å². The summed E-state index contributed by atoms with van der Waals surface area (Å²) in [6.45, 7) is 12.1. The van der Waals surface area contributed by atoms with Gasteiger partial charge in [-0.05, 0) is 36.5 Å². The Morgan fingerprint density at radius 1 is 0.855 bits per heavy atom. The number of hydrogen-bond acceptors (Lipinski definition) is 16. The van der Waals surface area contributed by atoms with E-state index in [1.165, 1.54) is 32.1 Å². The zero-order chi connectivity index (χ0) is 41.2. The Balaban J connectivity index is 2.09.